The van der Waals surface area contributed by atoms with Crippen LogP contribution < -0.4 is 5.32 Å². The summed E-state index contributed by atoms with van der Waals surface area (Å²) in [5, 5.41) is 12.2. The molecule has 3 rings (SSSR count). The van der Waals surface area contributed by atoms with Gasteiger partial charge in [0.1, 0.15) is 23.1 Å². The molecule has 8 heteroatoms. The first kappa shape index (κ1) is 25.3. The fourth-order valence-electron chi connectivity index (χ4n) is 5.45. The maximum absolute atomic E-state index is 13.5. The van der Waals surface area contributed by atoms with E-state index in [1.807, 2.05) is 34.6 Å². The zero-order valence-corrected chi connectivity index (χ0v) is 21.5. The number of carbonyl (C=O) groups is 3. The number of fused-ring (bicyclic) bond motifs is 1. The molecule has 0 aromatic heterocycles. The highest BCUT2D eigenvalue weighted by Gasteiger charge is 2.64. The van der Waals surface area contributed by atoms with E-state index in [9.17, 15) is 19.5 Å². The summed E-state index contributed by atoms with van der Waals surface area (Å²) in [6.45, 7) is 16.1. The lowest BCUT2D eigenvalue weighted by atomic mass is 9.75. The molecule has 1 saturated carbocycles. The third kappa shape index (κ3) is 4.29. The van der Waals surface area contributed by atoms with Crippen LogP contribution in [0.4, 0.5) is 0 Å². The molecule has 2 N–H and O–H groups in total. The molecule has 0 bridgehead atoms. The van der Waals surface area contributed by atoms with Crippen LogP contribution in [0.25, 0.3) is 0 Å². The first-order valence-corrected chi connectivity index (χ1v) is 12.8. The van der Waals surface area contributed by atoms with E-state index in [0.717, 1.165) is 12.8 Å². The molecule has 2 aliphatic heterocycles. The predicted octanol–water partition coefficient (Wildman–Crippen LogP) is 3.51. The third-order valence-corrected chi connectivity index (χ3v) is 9.44. The lowest BCUT2D eigenvalue weighted by molar-refractivity contribution is -0.179. The van der Waals surface area contributed by atoms with Crippen LogP contribution in [0.2, 0.25) is 0 Å². The summed E-state index contributed by atoms with van der Waals surface area (Å²) in [6, 6.07) is -1.61. The molecule has 32 heavy (non-hydrogen) atoms. The number of amides is 2. The highest BCUT2D eigenvalue weighted by atomic mass is 32.2. The highest BCUT2D eigenvalue weighted by molar-refractivity contribution is 8.01. The van der Waals surface area contributed by atoms with E-state index in [-0.39, 0.29) is 29.2 Å². The van der Waals surface area contributed by atoms with Gasteiger partial charge in [-0.05, 0) is 57.3 Å². The molecule has 7 nitrogen and oxygen atoms in total. The molecule has 0 radical (unpaired) electrons. The maximum Gasteiger partial charge on any atom is 0.327 e. The summed E-state index contributed by atoms with van der Waals surface area (Å²) in [7, 11) is 0. The van der Waals surface area contributed by atoms with Crippen molar-refractivity contribution < 1.29 is 24.2 Å². The van der Waals surface area contributed by atoms with Gasteiger partial charge in [0.2, 0.25) is 5.91 Å². The number of nitrogens with one attached hydrogen (secondary N) is 1. The lowest BCUT2D eigenvalue weighted by Crippen LogP contribution is -2.72. The van der Waals surface area contributed by atoms with Crippen LogP contribution in [-0.4, -0.2) is 61.7 Å². The molecule has 3 aliphatic rings. The molecule has 0 spiro atoms. The zero-order valence-electron chi connectivity index (χ0n) is 20.7. The Balaban J connectivity index is 1.76. The van der Waals surface area contributed by atoms with Crippen LogP contribution in [-0.2, 0) is 19.1 Å². The molecule has 0 unspecified atom stereocenters. The molecule has 0 aromatic rings. The van der Waals surface area contributed by atoms with Crippen LogP contribution in [0.1, 0.15) is 74.7 Å². The number of carboxylic acids is 1. The fraction of sp³-hybridized carbons (Fsp3) is 0.875. The zero-order chi connectivity index (χ0) is 24.2. The van der Waals surface area contributed by atoms with Gasteiger partial charge in [0.05, 0.1) is 6.10 Å². The Kier molecular flexibility index (Phi) is 6.99. The van der Waals surface area contributed by atoms with Crippen molar-refractivity contribution in [1.82, 2.24) is 10.2 Å². The van der Waals surface area contributed by atoms with Crippen molar-refractivity contribution in [1.29, 1.82) is 0 Å². The number of β-lactam (4-membered cyclic amide) rings is 1. The minimum Gasteiger partial charge on any atom is -0.480 e. The van der Waals surface area contributed by atoms with E-state index < -0.39 is 28.4 Å². The Labute approximate surface area is 196 Å². The van der Waals surface area contributed by atoms with Gasteiger partial charge < -0.3 is 20.1 Å². The molecular weight excluding hydrogens is 428 g/mol. The number of carboxylic acid groups (broad SMARTS) is 1. The van der Waals surface area contributed by atoms with E-state index >= 15 is 0 Å². The first-order valence-electron chi connectivity index (χ1n) is 11.9. The lowest BCUT2D eigenvalue weighted by Gasteiger charge is -2.47. The van der Waals surface area contributed by atoms with Gasteiger partial charge in [-0.25, -0.2) is 4.79 Å². The summed E-state index contributed by atoms with van der Waals surface area (Å²) in [4.78, 5) is 39.5. The Morgan fingerprint density at radius 3 is 2.41 bits per heavy atom. The van der Waals surface area contributed by atoms with Crippen molar-refractivity contribution in [2.24, 2.45) is 23.7 Å². The van der Waals surface area contributed by atoms with Crippen molar-refractivity contribution in [2.75, 3.05) is 0 Å². The second kappa shape index (κ2) is 8.82. The largest absolute Gasteiger partial charge is 0.480 e. The second-order valence-corrected chi connectivity index (χ2v) is 13.1. The second-order valence-electron chi connectivity index (χ2n) is 11.3. The number of rotatable bonds is 7. The van der Waals surface area contributed by atoms with Gasteiger partial charge in [0, 0.05) is 4.75 Å². The van der Waals surface area contributed by atoms with Gasteiger partial charge >= 0.3 is 5.97 Å². The molecule has 3 fully saturated rings. The smallest absolute Gasteiger partial charge is 0.327 e. The summed E-state index contributed by atoms with van der Waals surface area (Å²) in [6.07, 6.45) is 3.21. The molecule has 7 atom stereocenters. The summed E-state index contributed by atoms with van der Waals surface area (Å²) >= 11 is 1.44. The maximum atomic E-state index is 13.5. The van der Waals surface area contributed by atoms with Gasteiger partial charge in [-0.1, -0.05) is 41.0 Å². The van der Waals surface area contributed by atoms with Crippen molar-refractivity contribution in [3.05, 3.63) is 0 Å². The molecule has 182 valence electrons. The number of thioether (sulfide) groups is 1. The SMILES string of the molecule is CC(C)[C@H]1CC[C@@H](C)C[C@H]1O[C@](C)(C(=O)N[C@@H]1C(=O)N2[C@@H](C(=O)O)C(C)(C)S[C@@H]12)C(C)C. The number of hydrogen-bond donors (Lipinski definition) is 2. The predicted molar refractivity (Wildman–Crippen MR) is 125 cm³/mol. The van der Waals surface area contributed by atoms with E-state index in [0.29, 0.717) is 17.8 Å². The number of carbonyl (C=O) groups excluding carboxylic acids is 2. The molecule has 1 aliphatic carbocycles. The van der Waals surface area contributed by atoms with Crippen LogP contribution >= 0.6 is 11.8 Å². The van der Waals surface area contributed by atoms with Gasteiger partial charge in [-0.2, -0.15) is 0 Å². The minimum absolute atomic E-state index is 0.00155. The van der Waals surface area contributed by atoms with E-state index in [1.54, 1.807) is 0 Å². The van der Waals surface area contributed by atoms with Crippen molar-refractivity contribution in [3.8, 4) is 0 Å². The molecule has 0 aromatic carbocycles. The van der Waals surface area contributed by atoms with Crippen LogP contribution in [0.15, 0.2) is 0 Å². The van der Waals surface area contributed by atoms with Gasteiger partial charge in [-0.15, -0.1) is 11.8 Å². The first-order chi connectivity index (χ1) is 14.7. The van der Waals surface area contributed by atoms with E-state index in [4.69, 9.17) is 4.74 Å². The molecule has 2 heterocycles. The minimum atomic E-state index is -1.07. The number of ether oxygens (including phenoxy) is 1. The number of hydrogen-bond acceptors (Lipinski definition) is 5. The van der Waals surface area contributed by atoms with Gasteiger partial charge in [0.15, 0.2) is 0 Å². The van der Waals surface area contributed by atoms with Crippen LogP contribution in [0, 0.1) is 23.7 Å². The quantitative estimate of drug-likeness (QED) is 0.555. The fourth-order valence-corrected chi connectivity index (χ4v) is 7.07. The summed E-state index contributed by atoms with van der Waals surface area (Å²) in [5.41, 5.74) is -1.07. The molecule has 2 amide bonds. The normalized spacial score (nSPS) is 35.9. The molecular formula is C24H40N2O5S. The topological polar surface area (TPSA) is 95.9 Å². The Bertz CT molecular complexity index is 769. The Morgan fingerprint density at radius 2 is 1.88 bits per heavy atom. The average Bonchev–Trinajstić information content (AvgIpc) is 2.93. The highest BCUT2D eigenvalue weighted by Crippen LogP contribution is 2.51. The van der Waals surface area contributed by atoms with Gasteiger partial charge in [0.25, 0.3) is 5.91 Å². The number of aliphatic carboxylic acids is 1. The van der Waals surface area contributed by atoms with Gasteiger partial charge in [-0.3, -0.25) is 9.59 Å². The monoisotopic (exact) mass is 468 g/mol. The van der Waals surface area contributed by atoms with E-state index in [2.05, 4.69) is 26.1 Å². The Morgan fingerprint density at radius 1 is 1.25 bits per heavy atom. The molecule has 2 saturated heterocycles. The van der Waals surface area contributed by atoms with Crippen LogP contribution in [0.3, 0.4) is 0 Å². The third-order valence-electron chi connectivity index (χ3n) is 7.87. The standard InChI is InChI=1S/C24H40N2O5S/c1-12(2)15-10-9-14(5)11-16(15)31-24(8,13(3)4)22(30)25-17-19(27)26-18(21(28)29)23(6,7)32-20(17)26/h12-18,20H,9-11H2,1-8H3,(H,25,30)(H,28,29)/t14-,15-,16-,17-,18+,20+,24+/m1/s1. The Hall–Kier alpha value is -1.28. The summed E-state index contributed by atoms with van der Waals surface area (Å²) < 4.78 is 6.01. The van der Waals surface area contributed by atoms with Crippen molar-refractivity contribution >= 4 is 29.5 Å². The number of nitrogens with zero attached hydrogens (tertiary/aromatic N) is 1. The van der Waals surface area contributed by atoms with Crippen molar-refractivity contribution in [2.45, 2.75) is 109 Å². The van der Waals surface area contributed by atoms with Crippen LogP contribution in [0.5, 0.6) is 0 Å². The van der Waals surface area contributed by atoms with E-state index in [1.165, 1.54) is 23.1 Å². The summed E-state index contributed by atoms with van der Waals surface area (Å²) in [5.74, 6) is -0.280. The average molecular weight is 469 g/mol. The van der Waals surface area contributed by atoms with Crippen molar-refractivity contribution in [3.63, 3.8) is 0 Å².